The molecule has 1 saturated carbocycles. The summed E-state index contributed by atoms with van der Waals surface area (Å²) in [6.07, 6.45) is 2.29. The van der Waals surface area contributed by atoms with Gasteiger partial charge in [-0.2, -0.15) is 0 Å². The molecule has 0 amide bonds. The molecule has 0 radical (unpaired) electrons. The molecule has 0 aromatic heterocycles. The maximum Gasteiger partial charge on any atom is 0.338 e. The molecular weight excluding hydrogens is 204 g/mol. The topological polar surface area (TPSA) is 77.9 Å². The van der Waals surface area contributed by atoms with E-state index in [1.165, 1.54) is 0 Å². The van der Waals surface area contributed by atoms with Crippen molar-refractivity contribution >= 4 is 17.4 Å². The number of carbonyl (C=O) groups is 1. The summed E-state index contributed by atoms with van der Waals surface area (Å²) in [6.45, 7) is 0. The highest BCUT2D eigenvalue weighted by Gasteiger charge is 2.26. The van der Waals surface area contributed by atoms with E-state index in [9.17, 15) is 4.79 Å². The SMILES string of the molecule is Nc1ccc(C(=O)O[C@H]2CCC(=[NH2+])C2)cc1. The van der Waals surface area contributed by atoms with E-state index in [-0.39, 0.29) is 12.1 Å². The van der Waals surface area contributed by atoms with Crippen LogP contribution in [0.4, 0.5) is 5.69 Å². The molecule has 4 heteroatoms. The average Bonchev–Trinajstić information content (AvgIpc) is 2.65. The van der Waals surface area contributed by atoms with Gasteiger partial charge in [0.25, 0.3) is 0 Å². The van der Waals surface area contributed by atoms with Gasteiger partial charge in [0, 0.05) is 12.1 Å². The molecule has 1 aromatic rings. The molecule has 84 valence electrons. The molecule has 16 heavy (non-hydrogen) atoms. The van der Waals surface area contributed by atoms with Gasteiger partial charge in [-0.1, -0.05) is 0 Å². The fourth-order valence-electron chi connectivity index (χ4n) is 1.78. The fraction of sp³-hybridized carbons (Fsp3) is 0.333. The minimum absolute atomic E-state index is 0.0648. The van der Waals surface area contributed by atoms with Gasteiger partial charge in [0.2, 0.25) is 0 Å². The molecular formula is C12H15N2O2+. The Morgan fingerprint density at radius 2 is 2.06 bits per heavy atom. The monoisotopic (exact) mass is 219 g/mol. The number of esters is 1. The van der Waals surface area contributed by atoms with Crippen molar-refractivity contribution in [3.05, 3.63) is 29.8 Å². The summed E-state index contributed by atoms with van der Waals surface area (Å²) in [5, 5.41) is 5.67. The number of nitrogens with two attached hydrogens (primary N) is 2. The molecule has 0 bridgehead atoms. The van der Waals surface area contributed by atoms with Crippen LogP contribution in [0.2, 0.25) is 0 Å². The molecule has 0 unspecified atom stereocenters. The number of rotatable bonds is 2. The maximum absolute atomic E-state index is 11.7. The molecule has 2 rings (SSSR count). The van der Waals surface area contributed by atoms with Gasteiger partial charge in [0.05, 0.1) is 12.0 Å². The first-order valence-corrected chi connectivity index (χ1v) is 5.32. The summed E-state index contributed by atoms with van der Waals surface area (Å²) in [4.78, 5) is 11.7. The lowest BCUT2D eigenvalue weighted by atomic mass is 10.2. The van der Waals surface area contributed by atoms with Crippen LogP contribution in [-0.4, -0.2) is 17.8 Å². The Hall–Kier alpha value is -1.84. The highest BCUT2D eigenvalue weighted by Crippen LogP contribution is 2.18. The van der Waals surface area contributed by atoms with Crippen molar-refractivity contribution in [2.75, 3.05) is 5.73 Å². The minimum Gasteiger partial charge on any atom is -0.458 e. The molecule has 1 fully saturated rings. The second-order valence-corrected chi connectivity index (χ2v) is 4.05. The number of ether oxygens (including phenoxy) is 1. The van der Waals surface area contributed by atoms with Crippen LogP contribution in [0.5, 0.6) is 0 Å². The van der Waals surface area contributed by atoms with Crippen molar-refractivity contribution in [2.24, 2.45) is 0 Å². The largest absolute Gasteiger partial charge is 0.458 e. The van der Waals surface area contributed by atoms with Crippen LogP contribution in [0.15, 0.2) is 24.3 Å². The van der Waals surface area contributed by atoms with Crippen molar-refractivity contribution in [2.45, 2.75) is 25.4 Å². The van der Waals surface area contributed by atoms with E-state index in [0.29, 0.717) is 17.7 Å². The minimum atomic E-state index is -0.306. The summed E-state index contributed by atoms with van der Waals surface area (Å²) in [5.41, 5.74) is 7.61. The Morgan fingerprint density at radius 3 is 2.62 bits per heavy atom. The van der Waals surface area contributed by atoms with Crippen LogP contribution in [0.1, 0.15) is 29.6 Å². The number of nitrogen functional groups attached to an aromatic ring is 1. The van der Waals surface area contributed by atoms with Gasteiger partial charge in [0.1, 0.15) is 6.10 Å². The van der Waals surface area contributed by atoms with Crippen molar-refractivity contribution in [1.29, 1.82) is 0 Å². The maximum atomic E-state index is 11.7. The lowest BCUT2D eigenvalue weighted by molar-refractivity contribution is -0.117. The zero-order valence-electron chi connectivity index (χ0n) is 8.98. The summed E-state index contributed by atoms with van der Waals surface area (Å²) in [5.74, 6) is -0.306. The van der Waals surface area contributed by atoms with E-state index < -0.39 is 0 Å². The molecule has 4 N–H and O–H groups in total. The Bertz CT molecular complexity index is 412. The van der Waals surface area contributed by atoms with Gasteiger partial charge in [-0.15, -0.1) is 0 Å². The highest BCUT2D eigenvalue weighted by atomic mass is 16.5. The first-order chi connectivity index (χ1) is 7.65. The second-order valence-electron chi connectivity index (χ2n) is 4.05. The third-order valence-electron chi connectivity index (χ3n) is 2.70. The molecule has 0 spiro atoms. The molecule has 1 aliphatic rings. The number of carbonyl (C=O) groups excluding carboxylic acids is 1. The standard InChI is InChI=1S/C12H14N2O2/c13-9-3-1-8(2-4-9)12(15)16-11-6-5-10(14)7-11/h1-4,11,14H,5-7,13H2/p+1/t11-/m0/s1. The number of hydrogen-bond donors (Lipinski definition) is 2. The summed E-state index contributed by atoms with van der Waals surface area (Å²) in [6, 6.07) is 6.71. The lowest BCUT2D eigenvalue weighted by Gasteiger charge is -2.10. The molecule has 1 atom stereocenters. The second kappa shape index (κ2) is 4.35. The quantitative estimate of drug-likeness (QED) is 0.550. The van der Waals surface area contributed by atoms with E-state index in [2.05, 4.69) is 0 Å². The molecule has 1 aliphatic carbocycles. The first kappa shape index (κ1) is 10.7. The Labute approximate surface area is 93.9 Å². The average molecular weight is 219 g/mol. The van der Waals surface area contributed by atoms with Gasteiger partial charge >= 0.3 is 5.97 Å². The third-order valence-corrected chi connectivity index (χ3v) is 2.70. The van der Waals surface area contributed by atoms with Crippen LogP contribution < -0.4 is 11.1 Å². The van der Waals surface area contributed by atoms with Crippen LogP contribution in [0.25, 0.3) is 0 Å². The molecule has 4 nitrogen and oxygen atoms in total. The predicted molar refractivity (Wildman–Crippen MR) is 60.8 cm³/mol. The smallest absolute Gasteiger partial charge is 0.338 e. The fourth-order valence-corrected chi connectivity index (χ4v) is 1.78. The van der Waals surface area contributed by atoms with Crippen molar-refractivity contribution in [3.63, 3.8) is 0 Å². The highest BCUT2D eigenvalue weighted by molar-refractivity contribution is 5.90. The first-order valence-electron chi connectivity index (χ1n) is 5.32. The van der Waals surface area contributed by atoms with Crippen LogP contribution in [0.3, 0.4) is 0 Å². The summed E-state index contributed by atoms with van der Waals surface area (Å²) >= 11 is 0. The summed E-state index contributed by atoms with van der Waals surface area (Å²) in [7, 11) is 0. The predicted octanol–water partition coefficient (Wildman–Crippen LogP) is 0.178. The van der Waals surface area contributed by atoms with Gasteiger partial charge in [0.15, 0.2) is 5.71 Å². The molecule has 0 saturated heterocycles. The number of anilines is 1. The van der Waals surface area contributed by atoms with Gasteiger partial charge < -0.3 is 10.5 Å². The Kier molecular flexibility index (Phi) is 2.90. The lowest BCUT2D eigenvalue weighted by Crippen LogP contribution is -2.38. The zero-order chi connectivity index (χ0) is 11.5. The third kappa shape index (κ3) is 2.39. The van der Waals surface area contributed by atoms with Gasteiger partial charge in [-0.05, 0) is 30.7 Å². The van der Waals surface area contributed by atoms with E-state index in [1.54, 1.807) is 24.3 Å². The molecule has 1 aromatic carbocycles. The molecule has 0 heterocycles. The molecule has 0 aliphatic heterocycles. The summed E-state index contributed by atoms with van der Waals surface area (Å²) < 4.78 is 5.33. The van der Waals surface area contributed by atoms with E-state index in [4.69, 9.17) is 15.9 Å². The van der Waals surface area contributed by atoms with Crippen molar-refractivity contribution < 1.29 is 14.9 Å². The van der Waals surface area contributed by atoms with Crippen LogP contribution in [-0.2, 0) is 4.74 Å². The van der Waals surface area contributed by atoms with Crippen molar-refractivity contribution in [3.8, 4) is 0 Å². The van der Waals surface area contributed by atoms with Crippen LogP contribution in [0, 0.1) is 0 Å². The van der Waals surface area contributed by atoms with E-state index >= 15 is 0 Å². The van der Waals surface area contributed by atoms with Crippen LogP contribution >= 0.6 is 0 Å². The Morgan fingerprint density at radius 1 is 1.38 bits per heavy atom. The van der Waals surface area contributed by atoms with Crippen molar-refractivity contribution in [1.82, 2.24) is 0 Å². The number of benzene rings is 1. The van der Waals surface area contributed by atoms with Gasteiger partial charge in [-0.25, -0.2) is 4.79 Å². The Balaban J connectivity index is 1.98. The van der Waals surface area contributed by atoms with E-state index in [1.807, 2.05) is 0 Å². The van der Waals surface area contributed by atoms with Gasteiger partial charge in [-0.3, -0.25) is 5.41 Å². The normalized spacial score (nSPS) is 19.8. The van der Waals surface area contributed by atoms with E-state index in [0.717, 1.165) is 18.6 Å². The number of hydrogen-bond acceptors (Lipinski definition) is 3. The zero-order valence-corrected chi connectivity index (χ0v) is 8.98.